The summed E-state index contributed by atoms with van der Waals surface area (Å²) < 4.78 is 4.96. The number of carboxylic acid groups (broad SMARTS) is 1. The molecule has 0 bridgehead atoms. The predicted molar refractivity (Wildman–Crippen MR) is 77.2 cm³/mol. The van der Waals surface area contributed by atoms with E-state index in [-0.39, 0.29) is 22.1 Å². The van der Waals surface area contributed by atoms with Crippen molar-refractivity contribution in [1.82, 2.24) is 4.98 Å². The first kappa shape index (κ1) is 14.8. The van der Waals surface area contributed by atoms with Gasteiger partial charge in [0.25, 0.3) is 5.91 Å². The van der Waals surface area contributed by atoms with Crippen molar-refractivity contribution < 1.29 is 19.4 Å². The molecule has 1 aromatic heterocycles. The first-order valence-corrected chi connectivity index (χ1v) is 6.24. The fourth-order valence-electron chi connectivity index (χ4n) is 1.66. The summed E-state index contributed by atoms with van der Waals surface area (Å²) in [5, 5.41) is 11.8. The first-order chi connectivity index (χ1) is 10.0. The molecule has 0 saturated carbocycles. The average Bonchev–Trinajstić information content (AvgIpc) is 2.47. The summed E-state index contributed by atoms with van der Waals surface area (Å²) in [7, 11) is 1.43. The highest BCUT2D eigenvalue weighted by Gasteiger charge is 2.15. The largest absolute Gasteiger partial charge is 0.497 e. The number of methoxy groups -OCH3 is 1. The number of carbonyl (C=O) groups is 2. The van der Waals surface area contributed by atoms with Crippen molar-refractivity contribution in [3.05, 3.63) is 52.8 Å². The molecule has 0 unspecified atom stereocenters. The van der Waals surface area contributed by atoms with Crippen LogP contribution in [-0.4, -0.2) is 29.1 Å². The molecule has 0 aliphatic carbocycles. The van der Waals surface area contributed by atoms with E-state index in [0.717, 1.165) is 0 Å². The van der Waals surface area contributed by atoms with Crippen molar-refractivity contribution in [1.29, 1.82) is 0 Å². The Balaban J connectivity index is 2.31. The second-order valence-electron chi connectivity index (χ2n) is 4.02. The molecule has 21 heavy (non-hydrogen) atoms. The van der Waals surface area contributed by atoms with Gasteiger partial charge in [-0.25, -0.2) is 9.78 Å². The van der Waals surface area contributed by atoms with Crippen molar-refractivity contribution in [2.75, 3.05) is 12.4 Å². The molecule has 2 aromatic rings. The number of nitrogens with zero attached hydrogens (tertiary/aromatic N) is 1. The zero-order valence-electron chi connectivity index (χ0n) is 11.0. The van der Waals surface area contributed by atoms with Gasteiger partial charge in [0.15, 0.2) is 0 Å². The lowest BCUT2D eigenvalue weighted by Crippen LogP contribution is -2.16. The number of aromatic carboxylic acids is 1. The molecule has 0 radical (unpaired) electrons. The maximum Gasteiger partial charge on any atom is 0.337 e. The molecule has 0 fully saturated rings. The molecular weight excluding hydrogens is 296 g/mol. The van der Waals surface area contributed by atoms with E-state index in [0.29, 0.717) is 5.75 Å². The molecule has 0 spiro atoms. The van der Waals surface area contributed by atoms with E-state index in [2.05, 4.69) is 10.3 Å². The number of pyridine rings is 1. The number of aromatic nitrogens is 1. The van der Waals surface area contributed by atoms with Crippen molar-refractivity contribution in [3.63, 3.8) is 0 Å². The number of rotatable bonds is 4. The Bertz CT molecular complexity index is 703. The summed E-state index contributed by atoms with van der Waals surface area (Å²) in [6, 6.07) is 8.91. The lowest BCUT2D eigenvalue weighted by Gasteiger charge is -2.09. The molecule has 7 heteroatoms. The minimum Gasteiger partial charge on any atom is -0.497 e. The number of ether oxygens (including phenoxy) is 1. The topological polar surface area (TPSA) is 88.5 Å². The van der Waals surface area contributed by atoms with Crippen molar-refractivity contribution in [3.8, 4) is 5.75 Å². The van der Waals surface area contributed by atoms with Crippen molar-refractivity contribution in [2.24, 2.45) is 0 Å². The molecule has 0 saturated heterocycles. The molecule has 0 atom stereocenters. The van der Waals surface area contributed by atoms with E-state index in [1.165, 1.54) is 31.4 Å². The summed E-state index contributed by atoms with van der Waals surface area (Å²) in [6.45, 7) is 0. The zero-order valence-corrected chi connectivity index (χ0v) is 11.7. The molecule has 1 amide bonds. The van der Waals surface area contributed by atoms with Gasteiger partial charge < -0.3 is 15.2 Å². The Kier molecular flexibility index (Phi) is 4.39. The number of nitrogens with one attached hydrogen (secondary N) is 1. The maximum atomic E-state index is 12.0. The van der Waals surface area contributed by atoms with Gasteiger partial charge in [0.2, 0.25) is 0 Å². The molecule has 2 rings (SSSR count). The quantitative estimate of drug-likeness (QED) is 0.848. The summed E-state index contributed by atoms with van der Waals surface area (Å²) >= 11 is 5.71. The molecule has 0 aliphatic rings. The average molecular weight is 307 g/mol. The Morgan fingerprint density at radius 3 is 2.67 bits per heavy atom. The Morgan fingerprint density at radius 1 is 1.29 bits per heavy atom. The van der Waals surface area contributed by atoms with Gasteiger partial charge in [-0.2, -0.15) is 0 Å². The standard InChI is InChI=1S/C14H11ClN2O4/c1-21-8-5-6-10(9(7-8)14(19)20)17-13(18)11-3-2-4-12(15)16-11/h2-7H,1H3,(H,17,18)(H,19,20). The van der Waals surface area contributed by atoms with Crippen LogP contribution in [0, 0.1) is 0 Å². The third kappa shape index (κ3) is 3.49. The minimum absolute atomic E-state index is 0.0790. The van der Waals surface area contributed by atoms with E-state index < -0.39 is 11.9 Å². The predicted octanol–water partition coefficient (Wildman–Crippen LogP) is 2.69. The highest BCUT2D eigenvalue weighted by Crippen LogP contribution is 2.22. The summed E-state index contributed by atoms with van der Waals surface area (Å²) in [6.07, 6.45) is 0. The van der Waals surface area contributed by atoms with Crippen LogP contribution in [0.1, 0.15) is 20.8 Å². The van der Waals surface area contributed by atoms with Gasteiger partial charge in [-0.3, -0.25) is 4.79 Å². The summed E-state index contributed by atoms with van der Waals surface area (Å²) in [5.41, 5.74) is 0.162. The highest BCUT2D eigenvalue weighted by molar-refractivity contribution is 6.29. The van der Waals surface area contributed by atoms with Crippen molar-refractivity contribution >= 4 is 29.2 Å². The fourth-order valence-corrected chi connectivity index (χ4v) is 1.82. The van der Waals surface area contributed by atoms with Crippen LogP contribution in [-0.2, 0) is 0 Å². The molecule has 1 aromatic carbocycles. The van der Waals surface area contributed by atoms with Gasteiger partial charge in [0.05, 0.1) is 18.4 Å². The SMILES string of the molecule is COc1ccc(NC(=O)c2cccc(Cl)n2)c(C(=O)O)c1. The number of benzene rings is 1. The number of carboxylic acids is 1. The monoisotopic (exact) mass is 306 g/mol. The van der Waals surface area contributed by atoms with Gasteiger partial charge in [-0.1, -0.05) is 17.7 Å². The molecular formula is C14H11ClN2O4. The Labute approximate surface area is 125 Å². The number of hydrogen-bond acceptors (Lipinski definition) is 4. The number of anilines is 1. The number of halogens is 1. The third-order valence-corrected chi connectivity index (χ3v) is 2.86. The van der Waals surface area contributed by atoms with Gasteiger partial charge in [-0.15, -0.1) is 0 Å². The maximum absolute atomic E-state index is 12.0. The Hall–Kier alpha value is -2.60. The van der Waals surface area contributed by atoms with E-state index in [1.54, 1.807) is 12.1 Å². The molecule has 108 valence electrons. The van der Waals surface area contributed by atoms with Crippen LogP contribution in [0.25, 0.3) is 0 Å². The number of hydrogen-bond donors (Lipinski definition) is 2. The second-order valence-corrected chi connectivity index (χ2v) is 4.40. The second kappa shape index (κ2) is 6.23. The van der Waals surface area contributed by atoms with Gasteiger partial charge >= 0.3 is 5.97 Å². The molecule has 0 aliphatic heterocycles. The van der Waals surface area contributed by atoms with Gasteiger partial charge in [0, 0.05) is 0 Å². The lowest BCUT2D eigenvalue weighted by atomic mass is 10.1. The van der Waals surface area contributed by atoms with Crippen LogP contribution in [0.4, 0.5) is 5.69 Å². The van der Waals surface area contributed by atoms with Crippen LogP contribution in [0.15, 0.2) is 36.4 Å². The lowest BCUT2D eigenvalue weighted by molar-refractivity contribution is 0.0697. The number of carbonyl (C=O) groups excluding carboxylic acids is 1. The normalized spacial score (nSPS) is 10.0. The highest BCUT2D eigenvalue weighted by atomic mass is 35.5. The van der Waals surface area contributed by atoms with Crippen LogP contribution >= 0.6 is 11.6 Å². The van der Waals surface area contributed by atoms with E-state index in [4.69, 9.17) is 21.4 Å². The number of amides is 1. The van der Waals surface area contributed by atoms with E-state index >= 15 is 0 Å². The molecule has 6 nitrogen and oxygen atoms in total. The smallest absolute Gasteiger partial charge is 0.337 e. The fraction of sp³-hybridized carbons (Fsp3) is 0.0714. The summed E-state index contributed by atoms with van der Waals surface area (Å²) in [4.78, 5) is 27.1. The third-order valence-electron chi connectivity index (χ3n) is 2.65. The van der Waals surface area contributed by atoms with E-state index in [9.17, 15) is 9.59 Å². The first-order valence-electron chi connectivity index (χ1n) is 5.86. The molecule has 2 N–H and O–H groups in total. The minimum atomic E-state index is -1.18. The van der Waals surface area contributed by atoms with Gasteiger partial charge in [-0.05, 0) is 30.3 Å². The van der Waals surface area contributed by atoms with Crippen molar-refractivity contribution in [2.45, 2.75) is 0 Å². The Morgan fingerprint density at radius 2 is 2.05 bits per heavy atom. The van der Waals surface area contributed by atoms with Gasteiger partial charge in [0.1, 0.15) is 16.6 Å². The summed E-state index contributed by atoms with van der Waals surface area (Å²) in [5.74, 6) is -1.35. The van der Waals surface area contributed by atoms with Crippen LogP contribution in [0.3, 0.4) is 0 Å². The zero-order chi connectivity index (χ0) is 15.4. The van der Waals surface area contributed by atoms with E-state index in [1.807, 2.05) is 0 Å². The van der Waals surface area contributed by atoms with Crippen LogP contribution in [0.2, 0.25) is 5.15 Å². The van der Waals surface area contributed by atoms with Crippen LogP contribution < -0.4 is 10.1 Å². The molecule has 1 heterocycles. The van der Waals surface area contributed by atoms with Crippen LogP contribution in [0.5, 0.6) is 5.75 Å².